The molecule has 1 amide bonds. The Kier molecular flexibility index (Phi) is 3.27. The lowest BCUT2D eigenvalue weighted by Crippen LogP contribution is -2.18. The second-order valence-corrected chi connectivity index (χ2v) is 4.50. The molecule has 0 radical (unpaired) electrons. The van der Waals surface area contributed by atoms with E-state index in [-0.39, 0.29) is 11.4 Å². The van der Waals surface area contributed by atoms with Gasteiger partial charge in [-0.3, -0.25) is 4.79 Å². The minimum atomic E-state index is -0.792. The van der Waals surface area contributed by atoms with E-state index in [0.717, 1.165) is 11.1 Å². The lowest BCUT2D eigenvalue weighted by Gasteiger charge is -2.03. The summed E-state index contributed by atoms with van der Waals surface area (Å²) >= 11 is 0. The van der Waals surface area contributed by atoms with Crippen molar-refractivity contribution in [2.45, 2.75) is 6.92 Å². The van der Waals surface area contributed by atoms with Gasteiger partial charge < -0.3 is 10.6 Å². The highest BCUT2D eigenvalue weighted by molar-refractivity contribution is 6.22. The van der Waals surface area contributed by atoms with Crippen LogP contribution in [0, 0.1) is 11.3 Å². The third-order valence-electron chi connectivity index (χ3n) is 3.18. The SMILES string of the molecule is CCON=C1c2ccccc2-c2nc(C(N)=O)c(C#N)nc21. The van der Waals surface area contributed by atoms with Gasteiger partial charge in [-0.15, -0.1) is 0 Å². The van der Waals surface area contributed by atoms with E-state index in [1.54, 1.807) is 0 Å². The van der Waals surface area contributed by atoms with Gasteiger partial charge in [0.25, 0.3) is 5.91 Å². The maximum Gasteiger partial charge on any atom is 0.270 e. The van der Waals surface area contributed by atoms with E-state index in [0.29, 0.717) is 23.7 Å². The average molecular weight is 293 g/mol. The Bertz CT molecular complexity index is 851. The molecule has 1 heterocycles. The van der Waals surface area contributed by atoms with Gasteiger partial charge in [0.15, 0.2) is 11.4 Å². The molecule has 0 spiro atoms. The lowest BCUT2D eigenvalue weighted by atomic mass is 10.1. The van der Waals surface area contributed by atoms with Gasteiger partial charge in [-0.25, -0.2) is 9.97 Å². The van der Waals surface area contributed by atoms with Gasteiger partial charge in [0.2, 0.25) is 0 Å². The van der Waals surface area contributed by atoms with Gasteiger partial charge in [0, 0.05) is 11.1 Å². The molecule has 0 bridgehead atoms. The monoisotopic (exact) mass is 293 g/mol. The Balaban J connectivity index is 2.31. The number of nitrogens with zero attached hydrogens (tertiary/aromatic N) is 4. The predicted molar refractivity (Wildman–Crippen MR) is 78.0 cm³/mol. The van der Waals surface area contributed by atoms with E-state index >= 15 is 0 Å². The first kappa shape index (κ1) is 13.7. The number of benzene rings is 1. The second-order valence-electron chi connectivity index (χ2n) is 4.50. The predicted octanol–water partition coefficient (Wildman–Crippen LogP) is 1.22. The van der Waals surface area contributed by atoms with Gasteiger partial charge >= 0.3 is 0 Å². The van der Waals surface area contributed by atoms with Crippen LogP contribution < -0.4 is 5.73 Å². The molecule has 0 fully saturated rings. The first-order valence-corrected chi connectivity index (χ1v) is 6.59. The fourth-order valence-corrected chi connectivity index (χ4v) is 2.28. The van der Waals surface area contributed by atoms with Crippen molar-refractivity contribution in [1.82, 2.24) is 9.97 Å². The number of nitrogens with two attached hydrogens (primary N) is 1. The summed E-state index contributed by atoms with van der Waals surface area (Å²) < 4.78 is 0. The summed E-state index contributed by atoms with van der Waals surface area (Å²) in [4.78, 5) is 25.0. The van der Waals surface area contributed by atoms with E-state index in [9.17, 15) is 4.79 Å². The smallest absolute Gasteiger partial charge is 0.270 e. The molecule has 7 nitrogen and oxygen atoms in total. The van der Waals surface area contributed by atoms with Crippen LogP contribution in [0.5, 0.6) is 0 Å². The molecule has 0 saturated carbocycles. The highest BCUT2D eigenvalue weighted by Gasteiger charge is 2.31. The zero-order valence-electron chi connectivity index (χ0n) is 11.7. The molecule has 1 aromatic heterocycles. The fourth-order valence-electron chi connectivity index (χ4n) is 2.28. The molecule has 7 heteroatoms. The summed E-state index contributed by atoms with van der Waals surface area (Å²) in [7, 11) is 0. The third-order valence-corrected chi connectivity index (χ3v) is 3.18. The van der Waals surface area contributed by atoms with E-state index < -0.39 is 5.91 Å². The second kappa shape index (κ2) is 5.26. The largest absolute Gasteiger partial charge is 0.396 e. The number of carbonyl (C=O) groups excluding carboxylic acids is 1. The van der Waals surface area contributed by atoms with Crippen molar-refractivity contribution in [2.75, 3.05) is 6.61 Å². The van der Waals surface area contributed by atoms with Crippen molar-refractivity contribution < 1.29 is 9.63 Å². The Hall–Kier alpha value is -3.27. The molecular weight excluding hydrogens is 282 g/mol. The van der Waals surface area contributed by atoms with Crippen LogP contribution in [0.15, 0.2) is 29.4 Å². The van der Waals surface area contributed by atoms with Crippen LogP contribution in [-0.2, 0) is 4.84 Å². The molecule has 2 N–H and O–H groups in total. The third kappa shape index (κ3) is 1.98. The molecule has 0 saturated heterocycles. The summed E-state index contributed by atoms with van der Waals surface area (Å²) in [6.07, 6.45) is 0. The van der Waals surface area contributed by atoms with Crippen LogP contribution in [0.2, 0.25) is 0 Å². The molecule has 22 heavy (non-hydrogen) atoms. The topological polar surface area (TPSA) is 114 Å². The van der Waals surface area contributed by atoms with Crippen molar-refractivity contribution >= 4 is 11.6 Å². The molecule has 108 valence electrons. The van der Waals surface area contributed by atoms with E-state index in [4.69, 9.17) is 15.8 Å². The molecule has 2 aromatic rings. The Morgan fingerprint density at radius 1 is 1.32 bits per heavy atom. The van der Waals surface area contributed by atoms with Crippen LogP contribution in [0.3, 0.4) is 0 Å². The van der Waals surface area contributed by atoms with Gasteiger partial charge in [0.1, 0.15) is 29.8 Å². The summed E-state index contributed by atoms with van der Waals surface area (Å²) in [5, 5.41) is 13.2. The summed E-state index contributed by atoms with van der Waals surface area (Å²) in [5.41, 5.74) is 7.95. The van der Waals surface area contributed by atoms with Crippen LogP contribution in [-0.4, -0.2) is 28.2 Å². The number of hydrogen-bond acceptors (Lipinski definition) is 6. The van der Waals surface area contributed by atoms with Crippen LogP contribution >= 0.6 is 0 Å². The normalized spacial score (nSPS) is 13.4. The van der Waals surface area contributed by atoms with E-state index in [1.807, 2.05) is 37.3 Å². The average Bonchev–Trinajstić information content (AvgIpc) is 2.84. The Morgan fingerprint density at radius 3 is 2.68 bits per heavy atom. The van der Waals surface area contributed by atoms with Crippen molar-refractivity contribution in [3.05, 3.63) is 46.9 Å². The number of carbonyl (C=O) groups is 1. The molecule has 0 atom stereocenters. The number of amides is 1. The summed E-state index contributed by atoms with van der Waals surface area (Å²) in [6.45, 7) is 2.22. The van der Waals surface area contributed by atoms with Crippen molar-refractivity contribution in [3.63, 3.8) is 0 Å². The van der Waals surface area contributed by atoms with Gasteiger partial charge in [-0.1, -0.05) is 29.4 Å². The first-order valence-electron chi connectivity index (χ1n) is 6.59. The zero-order chi connectivity index (χ0) is 15.7. The number of aromatic nitrogens is 2. The van der Waals surface area contributed by atoms with Crippen molar-refractivity contribution in [2.24, 2.45) is 10.9 Å². The Labute approximate surface area is 126 Å². The number of nitriles is 1. The highest BCUT2D eigenvalue weighted by Crippen LogP contribution is 2.35. The molecule has 1 aliphatic carbocycles. The number of rotatable bonds is 3. The number of primary amides is 1. The molecular formula is C15H11N5O2. The molecule has 1 aliphatic rings. The Morgan fingerprint density at radius 2 is 2.05 bits per heavy atom. The van der Waals surface area contributed by atoms with E-state index in [1.165, 1.54) is 0 Å². The maximum atomic E-state index is 11.5. The van der Waals surface area contributed by atoms with Gasteiger partial charge in [-0.05, 0) is 6.92 Å². The number of fused-ring (bicyclic) bond motifs is 3. The van der Waals surface area contributed by atoms with Crippen molar-refractivity contribution in [3.8, 4) is 17.3 Å². The van der Waals surface area contributed by atoms with Crippen LogP contribution in [0.4, 0.5) is 0 Å². The van der Waals surface area contributed by atoms with Crippen LogP contribution in [0.1, 0.15) is 34.4 Å². The van der Waals surface area contributed by atoms with E-state index in [2.05, 4.69) is 15.1 Å². The zero-order valence-corrected chi connectivity index (χ0v) is 11.7. The standard InChI is InChI=1S/C15H11N5O2/c1-2-22-20-12-9-6-4-3-5-8(9)11-14(12)18-10(7-16)13(19-11)15(17)21/h3-6H,2H2,1H3,(H2,17,21). The van der Waals surface area contributed by atoms with Crippen LogP contribution in [0.25, 0.3) is 11.3 Å². The maximum absolute atomic E-state index is 11.5. The summed E-state index contributed by atoms with van der Waals surface area (Å²) in [5.74, 6) is -0.792. The molecule has 0 aliphatic heterocycles. The van der Waals surface area contributed by atoms with Gasteiger partial charge in [-0.2, -0.15) is 5.26 Å². The first-order chi connectivity index (χ1) is 10.7. The molecule has 0 unspecified atom stereocenters. The molecule has 1 aromatic carbocycles. The van der Waals surface area contributed by atoms with Crippen molar-refractivity contribution in [1.29, 1.82) is 5.26 Å². The van der Waals surface area contributed by atoms with Gasteiger partial charge in [0.05, 0.1) is 0 Å². The number of oxime groups is 1. The highest BCUT2D eigenvalue weighted by atomic mass is 16.6. The quantitative estimate of drug-likeness (QED) is 0.729. The lowest BCUT2D eigenvalue weighted by molar-refractivity contribution is 0.0995. The summed E-state index contributed by atoms with van der Waals surface area (Å²) in [6, 6.07) is 9.23. The molecule has 3 rings (SSSR count). The fraction of sp³-hybridized carbons (Fsp3) is 0.133. The minimum Gasteiger partial charge on any atom is -0.396 e. The number of hydrogen-bond donors (Lipinski definition) is 1. The minimum absolute atomic E-state index is 0.122.